The second-order valence-corrected chi connectivity index (χ2v) is 8.05. The monoisotopic (exact) mass is 428 g/mol. The number of nitrogens with one attached hydrogen (secondary N) is 3. The molecule has 0 unspecified atom stereocenters. The standard InChI is InChI=1S/C22H22Cl2N4O/c1-13-21-16(24)10-14(23)11-18(21)27-22(13)28(2)9-5-8-25-20-12-19(29)15-6-3-4-7-17(15)26-20/h3-4,6-7,10-12,27H,5,8-9H2,1-2H3,(H2,25,26,29). The maximum Gasteiger partial charge on any atom is 0.191 e. The number of fused-ring (bicyclic) bond motifs is 2. The van der Waals surface area contributed by atoms with Crippen molar-refractivity contribution in [3.05, 3.63) is 68.3 Å². The summed E-state index contributed by atoms with van der Waals surface area (Å²) in [5.74, 6) is 1.77. The molecule has 0 saturated heterocycles. The molecule has 2 aromatic carbocycles. The quantitative estimate of drug-likeness (QED) is 0.352. The third-order valence-electron chi connectivity index (χ3n) is 5.14. The van der Waals surface area contributed by atoms with Crippen LogP contribution in [0.15, 0.2) is 47.3 Å². The Morgan fingerprint density at radius 3 is 2.69 bits per heavy atom. The first-order valence-corrected chi connectivity index (χ1v) is 10.2. The van der Waals surface area contributed by atoms with Gasteiger partial charge >= 0.3 is 0 Å². The van der Waals surface area contributed by atoms with Crippen molar-refractivity contribution in [1.29, 1.82) is 0 Å². The molecular formula is C22H22Cl2N4O. The number of rotatable bonds is 6. The Morgan fingerprint density at radius 2 is 1.86 bits per heavy atom. The predicted octanol–water partition coefficient (Wildman–Crippen LogP) is 5.56. The predicted molar refractivity (Wildman–Crippen MR) is 124 cm³/mol. The van der Waals surface area contributed by atoms with E-state index in [-0.39, 0.29) is 5.43 Å². The van der Waals surface area contributed by atoms with Gasteiger partial charge in [-0.05, 0) is 37.6 Å². The number of aromatic nitrogens is 2. The lowest BCUT2D eigenvalue weighted by atomic mass is 10.2. The number of benzene rings is 2. The zero-order valence-corrected chi connectivity index (χ0v) is 17.8. The average molecular weight is 429 g/mol. The topological polar surface area (TPSA) is 63.9 Å². The molecule has 4 rings (SSSR count). The molecule has 0 aliphatic carbocycles. The molecule has 0 saturated carbocycles. The molecule has 0 fully saturated rings. The van der Waals surface area contributed by atoms with Crippen molar-refractivity contribution < 1.29 is 0 Å². The molecule has 5 nitrogen and oxygen atoms in total. The van der Waals surface area contributed by atoms with Gasteiger partial charge in [-0.1, -0.05) is 35.3 Å². The van der Waals surface area contributed by atoms with Crippen LogP contribution < -0.4 is 15.6 Å². The van der Waals surface area contributed by atoms with Gasteiger partial charge in [-0.2, -0.15) is 0 Å². The first-order chi connectivity index (χ1) is 13.9. The molecule has 0 aliphatic rings. The first kappa shape index (κ1) is 19.7. The second kappa shape index (κ2) is 8.01. The Morgan fingerprint density at radius 1 is 1.07 bits per heavy atom. The fraction of sp³-hybridized carbons (Fsp3) is 0.227. The van der Waals surface area contributed by atoms with E-state index >= 15 is 0 Å². The number of aromatic amines is 2. The van der Waals surface area contributed by atoms with Gasteiger partial charge in [0.15, 0.2) is 5.43 Å². The van der Waals surface area contributed by atoms with Crippen molar-refractivity contribution in [2.75, 3.05) is 30.4 Å². The van der Waals surface area contributed by atoms with Gasteiger partial charge in [0.05, 0.1) is 16.1 Å². The van der Waals surface area contributed by atoms with E-state index in [0.29, 0.717) is 15.4 Å². The van der Waals surface area contributed by atoms with Crippen LogP contribution in [0.25, 0.3) is 21.8 Å². The summed E-state index contributed by atoms with van der Waals surface area (Å²) in [6, 6.07) is 12.8. The summed E-state index contributed by atoms with van der Waals surface area (Å²) in [5, 5.41) is 6.29. The van der Waals surface area contributed by atoms with Crippen LogP contribution >= 0.6 is 23.2 Å². The number of nitrogens with zero attached hydrogens (tertiary/aromatic N) is 1. The van der Waals surface area contributed by atoms with E-state index < -0.39 is 0 Å². The third-order valence-corrected chi connectivity index (χ3v) is 5.66. The molecule has 0 atom stereocenters. The highest BCUT2D eigenvalue weighted by Crippen LogP contribution is 2.35. The van der Waals surface area contributed by atoms with Gasteiger partial charge in [0, 0.05) is 47.6 Å². The zero-order valence-electron chi connectivity index (χ0n) is 16.3. The van der Waals surface area contributed by atoms with Crippen molar-refractivity contribution in [1.82, 2.24) is 9.97 Å². The van der Waals surface area contributed by atoms with Gasteiger partial charge in [0.2, 0.25) is 0 Å². The van der Waals surface area contributed by atoms with Gasteiger partial charge in [-0.15, -0.1) is 0 Å². The van der Waals surface area contributed by atoms with Crippen molar-refractivity contribution in [2.45, 2.75) is 13.3 Å². The van der Waals surface area contributed by atoms with E-state index in [4.69, 9.17) is 23.2 Å². The number of H-pyrrole nitrogens is 2. The SMILES string of the molecule is Cc1c(N(C)CCCNc2cc(=O)c3ccccc3[nH]2)[nH]c2cc(Cl)cc(Cl)c12. The summed E-state index contributed by atoms with van der Waals surface area (Å²) < 4.78 is 0. The molecule has 0 amide bonds. The number of para-hydroxylation sites is 1. The van der Waals surface area contributed by atoms with E-state index in [1.807, 2.05) is 37.4 Å². The molecule has 2 aromatic heterocycles. The summed E-state index contributed by atoms with van der Waals surface area (Å²) in [6.07, 6.45) is 0.897. The molecule has 0 aliphatic heterocycles. The minimum Gasteiger partial charge on any atom is -0.371 e. The highest BCUT2D eigenvalue weighted by molar-refractivity contribution is 6.39. The third kappa shape index (κ3) is 3.93. The lowest BCUT2D eigenvalue weighted by Crippen LogP contribution is -2.22. The Bertz CT molecular complexity index is 1250. The van der Waals surface area contributed by atoms with Crippen LogP contribution in [0.1, 0.15) is 12.0 Å². The van der Waals surface area contributed by atoms with Gasteiger partial charge < -0.3 is 20.2 Å². The molecule has 7 heteroatoms. The van der Waals surface area contributed by atoms with Crippen LogP contribution in [0.4, 0.5) is 11.6 Å². The lowest BCUT2D eigenvalue weighted by Gasteiger charge is -2.19. The van der Waals surface area contributed by atoms with Gasteiger partial charge in [-0.3, -0.25) is 4.79 Å². The Labute approximate surface area is 178 Å². The Hall–Kier alpha value is -2.63. The van der Waals surface area contributed by atoms with Crippen LogP contribution in [0.5, 0.6) is 0 Å². The van der Waals surface area contributed by atoms with E-state index in [9.17, 15) is 4.79 Å². The molecular weight excluding hydrogens is 407 g/mol. The molecule has 0 bridgehead atoms. The minimum absolute atomic E-state index is 0.0169. The summed E-state index contributed by atoms with van der Waals surface area (Å²) in [7, 11) is 2.05. The average Bonchev–Trinajstić information content (AvgIpc) is 3.01. The second-order valence-electron chi connectivity index (χ2n) is 7.20. The van der Waals surface area contributed by atoms with E-state index in [1.165, 1.54) is 0 Å². The number of hydrogen-bond acceptors (Lipinski definition) is 3. The summed E-state index contributed by atoms with van der Waals surface area (Å²) in [4.78, 5) is 21.1. The first-order valence-electron chi connectivity index (χ1n) is 9.48. The lowest BCUT2D eigenvalue weighted by molar-refractivity contribution is 0.805. The van der Waals surface area contributed by atoms with Crippen LogP contribution in [-0.2, 0) is 0 Å². The number of pyridine rings is 1. The number of anilines is 2. The summed E-state index contributed by atoms with van der Waals surface area (Å²) >= 11 is 12.5. The Balaban J connectivity index is 1.41. The van der Waals surface area contributed by atoms with Gasteiger partial charge in [0.1, 0.15) is 11.6 Å². The smallest absolute Gasteiger partial charge is 0.191 e. The van der Waals surface area contributed by atoms with E-state index in [2.05, 4.69) is 27.1 Å². The molecule has 3 N–H and O–H groups in total. The molecule has 4 aromatic rings. The molecule has 0 spiro atoms. The normalized spacial score (nSPS) is 11.3. The summed E-state index contributed by atoms with van der Waals surface area (Å²) in [5.41, 5.74) is 2.90. The maximum atomic E-state index is 12.2. The van der Waals surface area contributed by atoms with Crippen molar-refractivity contribution in [3.8, 4) is 0 Å². The summed E-state index contributed by atoms with van der Waals surface area (Å²) in [6.45, 7) is 3.64. The fourth-order valence-corrected chi connectivity index (χ4v) is 4.35. The molecule has 29 heavy (non-hydrogen) atoms. The molecule has 2 heterocycles. The van der Waals surface area contributed by atoms with Crippen LogP contribution in [-0.4, -0.2) is 30.1 Å². The van der Waals surface area contributed by atoms with Crippen molar-refractivity contribution in [3.63, 3.8) is 0 Å². The minimum atomic E-state index is 0.0169. The van der Waals surface area contributed by atoms with Gasteiger partial charge in [-0.25, -0.2) is 0 Å². The van der Waals surface area contributed by atoms with Crippen molar-refractivity contribution in [2.24, 2.45) is 0 Å². The van der Waals surface area contributed by atoms with Gasteiger partial charge in [0.25, 0.3) is 0 Å². The largest absolute Gasteiger partial charge is 0.371 e. The molecule has 150 valence electrons. The van der Waals surface area contributed by atoms with Crippen molar-refractivity contribution >= 4 is 56.6 Å². The number of aryl methyl sites for hydroxylation is 1. The number of halogens is 2. The fourth-order valence-electron chi connectivity index (χ4n) is 3.72. The van der Waals surface area contributed by atoms with Crippen LogP contribution in [0.3, 0.4) is 0 Å². The van der Waals surface area contributed by atoms with E-state index in [1.54, 1.807) is 12.1 Å². The highest BCUT2D eigenvalue weighted by atomic mass is 35.5. The Kier molecular flexibility index (Phi) is 5.43. The number of hydrogen-bond donors (Lipinski definition) is 3. The highest BCUT2D eigenvalue weighted by Gasteiger charge is 2.14. The van der Waals surface area contributed by atoms with E-state index in [0.717, 1.165) is 53.1 Å². The van der Waals surface area contributed by atoms with Crippen LogP contribution in [0.2, 0.25) is 10.0 Å². The zero-order chi connectivity index (χ0) is 20.5. The van der Waals surface area contributed by atoms with Crippen LogP contribution in [0, 0.1) is 6.92 Å². The molecule has 0 radical (unpaired) electrons. The maximum absolute atomic E-state index is 12.2.